The molecule has 0 bridgehead atoms. The lowest BCUT2D eigenvalue weighted by molar-refractivity contribution is 0.0569. The van der Waals surface area contributed by atoms with Crippen molar-refractivity contribution in [3.05, 3.63) is 57.7 Å². The third-order valence-corrected chi connectivity index (χ3v) is 4.73. The van der Waals surface area contributed by atoms with Gasteiger partial charge in [-0.25, -0.2) is 4.98 Å². The molecule has 1 aliphatic rings. The number of hydrogen-bond acceptors (Lipinski definition) is 6. The van der Waals surface area contributed by atoms with E-state index in [1.54, 1.807) is 41.7 Å². The van der Waals surface area contributed by atoms with Crippen LogP contribution in [0.25, 0.3) is 11.5 Å². The van der Waals surface area contributed by atoms with Crippen molar-refractivity contribution in [1.29, 1.82) is 0 Å². The van der Waals surface area contributed by atoms with Gasteiger partial charge in [0, 0.05) is 30.0 Å². The number of aromatic nitrogens is 4. The molecule has 1 saturated heterocycles. The number of halogens is 2. The van der Waals surface area contributed by atoms with Gasteiger partial charge < -0.3 is 9.42 Å². The van der Waals surface area contributed by atoms with E-state index in [1.165, 1.54) is 0 Å². The van der Waals surface area contributed by atoms with Gasteiger partial charge in [-0.2, -0.15) is 4.98 Å². The molecule has 126 valence electrons. The average Bonchev–Trinajstić information content (AvgIpc) is 3.06. The van der Waals surface area contributed by atoms with Crippen molar-refractivity contribution in [3.63, 3.8) is 0 Å². The van der Waals surface area contributed by atoms with Gasteiger partial charge in [-0.15, -0.1) is 0 Å². The lowest BCUT2D eigenvalue weighted by Crippen LogP contribution is -2.48. The maximum atomic E-state index is 12.5. The van der Waals surface area contributed by atoms with Crippen LogP contribution in [0.2, 0.25) is 5.02 Å². The van der Waals surface area contributed by atoms with Crippen LogP contribution in [-0.4, -0.2) is 44.0 Å². The molecule has 0 N–H and O–H groups in total. The molecule has 0 spiro atoms. The summed E-state index contributed by atoms with van der Waals surface area (Å²) < 4.78 is 6.11. The topological polar surface area (TPSA) is 85.0 Å². The molecule has 1 fully saturated rings. The second-order valence-corrected chi connectivity index (χ2v) is 6.90. The van der Waals surface area contributed by atoms with E-state index >= 15 is 0 Å². The summed E-state index contributed by atoms with van der Waals surface area (Å²) in [5.41, 5.74) is 1.02. The van der Waals surface area contributed by atoms with E-state index in [0.717, 1.165) is 4.47 Å². The summed E-state index contributed by atoms with van der Waals surface area (Å²) >= 11 is 9.47. The molecule has 1 amide bonds. The zero-order valence-corrected chi connectivity index (χ0v) is 15.1. The van der Waals surface area contributed by atoms with Gasteiger partial charge in [0.25, 0.3) is 5.91 Å². The zero-order chi connectivity index (χ0) is 17.4. The summed E-state index contributed by atoms with van der Waals surface area (Å²) in [7, 11) is 0. The molecule has 0 unspecified atom stereocenters. The Kier molecular flexibility index (Phi) is 4.22. The van der Waals surface area contributed by atoms with Crippen LogP contribution in [0.4, 0.5) is 0 Å². The number of rotatable bonds is 3. The first-order chi connectivity index (χ1) is 12.1. The molecule has 1 aliphatic heterocycles. The Morgan fingerprint density at radius 1 is 1.32 bits per heavy atom. The highest BCUT2D eigenvalue weighted by molar-refractivity contribution is 9.10. The maximum absolute atomic E-state index is 12.5. The number of amides is 1. The van der Waals surface area contributed by atoms with E-state index in [1.807, 2.05) is 0 Å². The fraction of sp³-hybridized carbons (Fsp3) is 0.188. The molecule has 25 heavy (non-hydrogen) atoms. The predicted molar refractivity (Wildman–Crippen MR) is 93.1 cm³/mol. The standard InChI is InChI=1S/C16H11BrClN5O2/c17-10-1-2-12(18)11(5-10)16(24)23-7-9(8-23)15-21-14(22-25-15)13-6-19-3-4-20-13/h1-6,9H,7-8H2. The summed E-state index contributed by atoms with van der Waals surface area (Å²) in [5, 5.41) is 4.35. The van der Waals surface area contributed by atoms with E-state index < -0.39 is 0 Å². The number of hydrogen-bond donors (Lipinski definition) is 0. The second kappa shape index (κ2) is 6.53. The normalized spacial score (nSPS) is 14.4. The van der Waals surface area contributed by atoms with E-state index in [0.29, 0.717) is 41.1 Å². The predicted octanol–water partition coefficient (Wildman–Crippen LogP) is 3.18. The summed E-state index contributed by atoms with van der Waals surface area (Å²) in [6.07, 6.45) is 4.71. The van der Waals surface area contributed by atoms with Crippen molar-refractivity contribution in [2.45, 2.75) is 5.92 Å². The van der Waals surface area contributed by atoms with Crippen molar-refractivity contribution >= 4 is 33.4 Å². The molecule has 0 aliphatic carbocycles. The Bertz CT molecular complexity index is 927. The molecule has 4 rings (SSSR count). The molecule has 2 aromatic heterocycles. The van der Waals surface area contributed by atoms with Crippen molar-refractivity contribution in [3.8, 4) is 11.5 Å². The van der Waals surface area contributed by atoms with Crippen molar-refractivity contribution in [2.75, 3.05) is 13.1 Å². The van der Waals surface area contributed by atoms with Crippen LogP contribution < -0.4 is 0 Å². The first-order valence-electron chi connectivity index (χ1n) is 7.46. The first kappa shape index (κ1) is 16.2. The van der Waals surface area contributed by atoms with Crippen LogP contribution in [0.5, 0.6) is 0 Å². The average molecular weight is 421 g/mol. The van der Waals surface area contributed by atoms with Crippen molar-refractivity contribution in [2.24, 2.45) is 0 Å². The largest absolute Gasteiger partial charge is 0.338 e. The van der Waals surface area contributed by atoms with Gasteiger partial charge in [0.05, 0.1) is 22.7 Å². The lowest BCUT2D eigenvalue weighted by Gasteiger charge is -2.37. The van der Waals surface area contributed by atoms with Crippen LogP contribution in [0.15, 0.2) is 45.8 Å². The fourth-order valence-corrected chi connectivity index (χ4v) is 3.11. The number of carbonyl (C=O) groups is 1. The summed E-state index contributed by atoms with van der Waals surface area (Å²) in [6, 6.07) is 5.21. The quantitative estimate of drug-likeness (QED) is 0.647. The van der Waals surface area contributed by atoms with Crippen molar-refractivity contribution in [1.82, 2.24) is 25.0 Å². The third-order valence-electron chi connectivity index (χ3n) is 3.91. The Hall–Kier alpha value is -2.32. The Morgan fingerprint density at radius 3 is 2.92 bits per heavy atom. The van der Waals surface area contributed by atoms with E-state index in [4.69, 9.17) is 16.1 Å². The van der Waals surface area contributed by atoms with Gasteiger partial charge in [0.2, 0.25) is 11.7 Å². The molecule has 3 aromatic rings. The maximum Gasteiger partial charge on any atom is 0.255 e. The van der Waals surface area contributed by atoms with Crippen molar-refractivity contribution < 1.29 is 9.32 Å². The van der Waals surface area contributed by atoms with E-state index in [9.17, 15) is 4.79 Å². The van der Waals surface area contributed by atoms with Crippen LogP contribution in [-0.2, 0) is 0 Å². The Morgan fingerprint density at radius 2 is 2.16 bits per heavy atom. The highest BCUT2D eigenvalue weighted by Crippen LogP contribution is 2.30. The van der Waals surface area contributed by atoms with Crippen LogP contribution >= 0.6 is 27.5 Å². The fourth-order valence-electron chi connectivity index (χ4n) is 2.55. The minimum Gasteiger partial charge on any atom is -0.338 e. The Balaban J connectivity index is 1.45. The summed E-state index contributed by atoms with van der Waals surface area (Å²) in [5.74, 6) is 0.775. The molecular weight excluding hydrogens is 410 g/mol. The zero-order valence-electron chi connectivity index (χ0n) is 12.8. The number of nitrogens with zero attached hydrogens (tertiary/aromatic N) is 5. The Labute approximate surface area is 156 Å². The molecule has 9 heteroatoms. The van der Waals surface area contributed by atoms with Crippen LogP contribution in [0, 0.1) is 0 Å². The number of benzene rings is 1. The first-order valence-corrected chi connectivity index (χ1v) is 8.63. The van der Waals surface area contributed by atoms with Gasteiger partial charge >= 0.3 is 0 Å². The highest BCUT2D eigenvalue weighted by atomic mass is 79.9. The smallest absolute Gasteiger partial charge is 0.255 e. The number of carbonyl (C=O) groups excluding carboxylic acids is 1. The molecule has 0 atom stereocenters. The van der Waals surface area contributed by atoms with Gasteiger partial charge in [0.15, 0.2) is 0 Å². The van der Waals surface area contributed by atoms with E-state index in [2.05, 4.69) is 36.0 Å². The number of likely N-dealkylation sites (tertiary alicyclic amines) is 1. The second-order valence-electron chi connectivity index (χ2n) is 5.58. The molecule has 0 radical (unpaired) electrons. The van der Waals surface area contributed by atoms with Crippen LogP contribution in [0.1, 0.15) is 22.2 Å². The molecule has 0 saturated carbocycles. The highest BCUT2D eigenvalue weighted by Gasteiger charge is 2.36. The molecule has 3 heterocycles. The third kappa shape index (κ3) is 3.14. The monoisotopic (exact) mass is 419 g/mol. The minimum atomic E-state index is -0.115. The molecule has 7 nitrogen and oxygen atoms in total. The van der Waals surface area contributed by atoms with Gasteiger partial charge in [-0.3, -0.25) is 9.78 Å². The lowest BCUT2D eigenvalue weighted by atomic mass is 9.98. The summed E-state index contributed by atoms with van der Waals surface area (Å²) in [6.45, 7) is 1.01. The SMILES string of the molecule is O=C(c1cc(Br)ccc1Cl)N1CC(c2nc(-c3cnccn3)no2)C1. The molecule has 1 aromatic carbocycles. The van der Waals surface area contributed by atoms with Crippen LogP contribution in [0.3, 0.4) is 0 Å². The van der Waals surface area contributed by atoms with Gasteiger partial charge in [-0.1, -0.05) is 32.7 Å². The summed E-state index contributed by atoms with van der Waals surface area (Å²) in [4.78, 5) is 26.7. The van der Waals surface area contributed by atoms with Gasteiger partial charge in [-0.05, 0) is 18.2 Å². The van der Waals surface area contributed by atoms with E-state index in [-0.39, 0.29) is 11.8 Å². The minimum absolute atomic E-state index is 0.00722. The molecular formula is C16H11BrClN5O2. The van der Waals surface area contributed by atoms with Gasteiger partial charge in [0.1, 0.15) is 5.69 Å².